The Labute approximate surface area is 107 Å². The average Bonchev–Trinajstić information content (AvgIpc) is 2.58. The number of fused-ring (bicyclic) bond motifs is 1. The van der Waals surface area contributed by atoms with Gasteiger partial charge in [-0.2, -0.15) is 0 Å². The van der Waals surface area contributed by atoms with Gasteiger partial charge < -0.3 is 19.3 Å². The van der Waals surface area contributed by atoms with Gasteiger partial charge in [0.05, 0.1) is 27.4 Å². The van der Waals surface area contributed by atoms with Crippen LogP contribution < -0.4 is 14.2 Å². The van der Waals surface area contributed by atoms with E-state index in [2.05, 4.69) is 0 Å². The van der Waals surface area contributed by atoms with E-state index in [1.54, 1.807) is 21.3 Å². The first-order valence-corrected chi connectivity index (χ1v) is 6.22. The lowest BCUT2D eigenvalue weighted by Gasteiger charge is -2.20. The van der Waals surface area contributed by atoms with Crippen LogP contribution in [0.15, 0.2) is 6.07 Å². The van der Waals surface area contributed by atoms with E-state index in [0.717, 1.165) is 36.8 Å². The highest BCUT2D eigenvalue weighted by atomic mass is 16.5. The molecule has 1 aromatic carbocycles. The van der Waals surface area contributed by atoms with E-state index in [1.807, 2.05) is 6.07 Å². The summed E-state index contributed by atoms with van der Waals surface area (Å²) in [7, 11) is 4.81. The fourth-order valence-corrected chi connectivity index (χ4v) is 2.58. The number of hydrogen-bond acceptors (Lipinski definition) is 4. The highest BCUT2D eigenvalue weighted by molar-refractivity contribution is 5.60. The Hall–Kier alpha value is -1.42. The molecule has 0 unspecified atom stereocenters. The maximum absolute atomic E-state index is 10.2. The van der Waals surface area contributed by atoms with Crippen molar-refractivity contribution in [2.45, 2.75) is 31.8 Å². The Kier molecular flexibility index (Phi) is 3.97. The SMILES string of the molecule is COc1cc2c(c(OC)c1OC)CCCC[C@@H]2O. The molecule has 0 aliphatic heterocycles. The summed E-state index contributed by atoms with van der Waals surface area (Å²) in [6.45, 7) is 0. The Bertz CT molecular complexity index is 428. The summed E-state index contributed by atoms with van der Waals surface area (Å²) in [6, 6.07) is 1.87. The number of aliphatic hydroxyl groups is 1. The maximum atomic E-state index is 10.2. The molecule has 0 heterocycles. The molecular formula is C14H20O4. The van der Waals surface area contributed by atoms with Crippen LogP contribution in [0.2, 0.25) is 0 Å². The largest absolute Gasteiger partial charge is 0.493 e. The van der Waals surface area contributed by atoms with Crippen LogP contribution in [-0.2, 0) is 6.42 Å². The number of rotatable bonds is 3. The fourth-order valence-electron chi connectivity index (χ4n) is 2.58. The maximum Gasteiger partial charge on any atom is 0.203 e. The molecule has 2 rings (SSSR count). The Morgan fingerprint density at radius 2 is 1.78 bits per heavy atom. The van der Waals surface area contributed by atoms with Crippen LogP contribution in [0.3, 0.4) is 0 Å². The molecule has 0 spiro atoms. The molecule has 0 saturated heterocycles. The number of benzene rings is 1. The van der Waals surface area contributed by atoms with Crippen LogP contribution in [0.4, 0.5) is 0 Å². The highest BCUT2D eigenvalue weighted by Gasteiger charge is 2.25. The predicted octanol–water partition coefficient (Wildman–Crippen LogP) is 2.47. The van der Waals surface area contributed by atoms with Crippen LogP contribution in [0.25, 0.3) is 0 Å². The average molecular weight is 252 g/mol. The Balaban J connectivity index is 2.64. The van der Waals surface area contributed by atoms with Gasteiger partial charge in [0.25, 0.3) is 0 Å². The molecule has 1 aliphatic rings. The van der Waals surface area contributed by atoms with Gasteiger partial charge in [-0.3, -0.25) is 0 Å². The first-order chi connectivity index (χ1) is 8.72. The summed E-state index contributed by atoms with van der Waals surface area (Å²) >= 11 is 0. The van der Waals surface area contributed by atoms with Gasteiger partial charge in [0, 0.05) is 5.56 Å². The van der Waals surface area contributed by atoms with Gasteiger partial charge in [-0.1, -0.05) is 6.42 Å². The molecule has 1 aliphatic carbocycles. The standard InChI is InChI=1S/C14H20O4/c1-16-12-8-10-9(6-4-5-7-11(10)15)13(17-2)14(12)18-3/h8,11,15H,4-7H2,1-3H3/t11-/m0/s1. The van der Waals surface area contributed by atoms with Crippen molar-refractivity contribution < 1.29 is 19.3 Å². The zero-order chi connectivity index (χ0) is 13.1. The molecule has 0 radical (unpaired) electrons. The van der Waals surface area contributed by atoms with Gasteiger partial charge in [0.2, 0.25) is 5.75 Å². The molecule has 0 fully saturated rings. The molecule has 0 bridgehead atoms. The molecule has 18 heavy (non-hydrogen) atoms. The van der Waals surface area contributed by atoms with E-state index < -0.39 is 6.10 Å². The minimum absolute atomic E-state index is 0.448. The molecule has 1 N–H and O–H groups in total. The van der Waals surface area contributed by atoms with E-state index in [0.29, 0.717) is 17.2 Å². The van der Waals surface area contributed by atoms with Crippen molar-refractivity contribution in [3.63, 3.8) is 0 Å². The summed E-state index contributed by atoms with van der Waals surface area (Å²) in [4.78, 5) is 0. The molecule has 4 heteroatoms. The number of ether oxygens (including phenoxy) is 3. The van der Waals surface area contributed by atoms with Crippen LogP contribution >= 0.6 is 0 Å². The third-order valence-corrected chi connectivity index (χ3v) is 3.48. The number of hydrogen-bond donors (Lipinski definition) is 1. The van der Waals surface area contributed by atoms with Crippen molar-refractivity contribution in [3.8, 4) is 17.2 Å². The van der Waals surface area contributed by atoms with Gasteiger partial charge >= 0.3 is 0 Å². The van der Waals surface area contributed by atoms with Crippen molar-refractivity contribution in [3.05, 3.63) is 17.2 Å². The lowest BCUT2D eigenvalue weighted by Crippen LogP contribution is -2.05. The first kappa shape index (κ1) is 13.0. The Morgan fingerprint density at radius 3 is 2.39 bits per heavy atom. The second kappa shape index (κ2) is 5.48. The zero-order valence-electron chi connectivity index (χ0n) is 11.2. The summed E-state index contributed by atoms with van der Waals surface area (Å²) in [5, 5.41) is 10.2. The van der Waals surface area contributed by atoms with Gasteiger partial charge in [-0.15, -0.1) is 0 Å². The van der Waals surface area contributed by atoms with E-state index >= 15 is 0 Å². The zero-order valence-corrected chi connectivity index (χ0v) is 11.2. The first-order valence-electron chi connectivity index (χ1n) is 6.22. The van der Waals surface area contributed by atoms with Crippen molar-refractivity contribution >= 4 is 0 Å². The van der Waals surface area contributed by atoms with Gasteiger partial charge in [0.15, 0.2) is 11.5 Å². The van der Waals surface area contributed by atoms with E-state index in [9.17, 15) is 5.11 Å². The summed E-state index contributed by atoms with van der Waals surface area (Å²) < 4.78 is 16.2. The third-order valence-electron chi connectivity index (χ3n) is 3.48. The van der Waals surface area contributed by atoms with Crippen molar-refractivity contribution in [2.24, 2.45) is 0 Å². The van der Waals surface area contributed by atoms with Crippen LogP contribution in [0, 0.1) is 0 Å². The molecule has 0 saturated carbocycles. The molecule has 1 aromatic rings. The third kappa shape index (κ3) is 2.12. The second-order valence-corrected chi connectivity index (χ2v) is 4.47. The molecule has 1 atom stereocenters. The van der Waals surface area contributed by atoms with Gasteiger partial charge in [-0.05, 0) is 30.9 Å². The molecular weight excluding hydrogens is 232 g/mol. The predicted molar refractivity (Wildman–Crippen MR) is 68.6 cm³/mol. The van der Waals surface area contributed by atoms with Gasteiger partial charge in [-0.25, -0.2) is 0 Å². The Morgan fingerprint density at radius 1 is 1.06 bits per heavy atom. The monoisotopic (exact) mass is 252 g/mol. The molecule has 0 amide bonds. The summed E-state index contributed by atoms with van der Waals surface area (Å²) in [5.41, 5.74) is 1.95. The van der Waals surface area contributed by atoms with E-state index in [-0.39, 0.29) is 0 Å². The summed E-state index contributed by atoms with van der Waals surface area (Å²) in [6.07, 6.45) is 3.30. The normalized spacial score (nSPS) is 18.8. The van der Waals surface area contributed by atoms with Crippen LogP contribution in [0.1, 0.15) is 36.5 Å². The smallest absolute Gasteiger partial charge is 0.203 e. The minimum atomic E-state index is -0.448. The van der Waals surface area contributed by atoms with Crippen molar-refractivity contribution in [1.29, 1.82) is 0 Å². The number of aliphatic hydroxyl groups excluding tert-OH is 1. The van der Waals surface area contributed by atoms with Crippen molar-refractivity contribution in [1.82, 2.24) is 0 Å². The molecule has 0 aromatic heterocycles. The molecule has 100 valence electrons. The van der Waals surface area contributed by atoms with Gasteiger partial charge in [0.1, 0.15) is 0 Å². The molecule has 4 nitrogen and oxygen atoms in total. The second-order valence-electron chi connectivity index (χ2n) is 4.47. The fraction of sp³-hybridized carbons (Fsp3) is 0.571. The topological polar surface area (TPSA) is 47.9 Å². The minimum Gasteiger partial charge on any atom is -0.493 e. The lowest BCUT2D eigenvalue weighted by atomic mass is 9.98. The highest BCUT2D eigenvalue weighted by Crippen LogP contribution is 2.45. The quantitative estimate of drug-likeness (QED) is 0.839. The van der Waals surface area contributed by atoms with Crippen LogP contribution in [0.5, 0.6) is 17.2 Å². The van der Waals surface area contributed by atoms with Crippen molar-refractivity contribution in [2.75, 3.05) is 21.3 Å². The number of methoxy groups -OCH3 is 3. The summed E-state index contributed by atoms with van der Waals surface area (Å²) in [5.74, 6) is 1.90. The van der Waals surface area contributed by atoms with Crippen LogP contribution in [-0.4, -0.2) is 26.4 Å². The van der Waals surface area contributed by atoms with E-state index in [1.165, 1.54) is 0 Å². The lowest BCUT2D eigenvalue weighted by molar-refractivity contribution is 0.165. The van der Waals surface area contributed by atoms with E-state index in [4.69, 9.17) is 14.2 Å².